The van der Waals surface area contributed by atoms with Crippen LogP contribution in [0.25, 0.3) is 11.2 Å². The molecule has 3 rings (SSSR count). The first-order chi connectivity index (χ1) is 10.8. The molecule has 3 heterocycles. The van der Waals surface area contributed by atoms with Gasteiger partial charge in [-0.25, -0.2) is 9.97 Å². The zero-order valence-corrected chi connectivity index (χ0v) is 14.2. The lowest BCUT2D eigenvalue weighted by molar-refractivity contribution is -0.343. The van der Waals surface area contributed by atoms with Crippen LogP contribution in [0.4, 0.5) is 0 Å². The highest BCUT2D eigenvalue weighted by Gasteiger charge is 2.44. The number of hydrogen-bond acceptors (Lipinski definition) is 10. The molecule has 0 radical (unpaired) electrons. The van der Waals surface area contributed by atoms with E-state index in [-0.39, 0.29) is 23.5 Å². The molecule has 4 atom stereocenters. The Balaban J connectivity index is 0.00000156. The predicted molar refractivity (Wildman–Crippen MR) is 79.6 cm³/mol. The Kier molecular flexibility index (Phi) is 6.52. The van der Waals surface area contributed by atoms with Crippen LogP contribution in [0.1, 0.15) is 6.23 Å². The number of aromatic amines is 1. The van der Waals surface area contributed by atoms with Crippen LogP contribution in [0, 0.1) is 0 Å². The van der Waals surface area contributed by atoms with Gasteiger partial charge in [-0.05, 0) is 0 Å². The van der Waals surface area contributed by atoms with E-state index in [9.17, 15) is 29.4 Å². The number of phosphoric acid groups is 1. The number of hydrogen-bond donors (Lipinski definition) is 5. The molecule has 1 saturated heterocycles. The summed E-state index contributed by atoms with van der Waals surface area (Å²) in [7, 11) is -5.24. The predicted octanol–water partition coefficient (Wildman–Crippen LogP) is -2.66. The molecule has 15 heteroatoms. The van der Waals surface area contributed by atoms with E-state index < -0.39 is 44.5 Å². The number of H-pyrrole nitrogens is 1. The largest absolute Gasteiger partial charge is 0.790 e. The molecule has 142 valence electrons. The summed E-state index contributed by atoms with van der Waals surface area (Å²) in [6, 6.07) is 0. The number of aliphatic hydroxyl groups excluding tert-OH is 2. The van der Waals surface area contributed by atoms with Gasteiger partial charge < -0.3 is 51.1 Å². The second kappa shape index (κ2) is 7.65. The Morgan fingerprint density at radius 3 is 2.72 bits per heavy atom. The maximum Gasteiger partial charge on any atom is 0.278 e. The van der Waals surface area contributed by atoms with Crippen molar-refractivity contribution in [3.8, 4) is 0 Å². The summed E-state index contributed by atoms with van der Waals surface area (Å²) in [6.45, 7) is -0.750. The Hall–Kier alpha value is -1.74. The first-order valence-corrected chi connectivity index (χ1v) is 7.82. The van der Waals surface area contributed by atoms with Crippen LogP contribution in [0.5, 0.6) is 0 Å². The Morgan fingerprint density at radius 2 is 2.08 bits per heavy atom. The maximum atomic E-state index is 11.6. The van der Waals surface area contributed by atoms with Crippen LogP contribution in [0.3, 0.4) is 0 Å². The third kappa shape index (κ3) is 4.09. The van der Waals surface area contributed by atoms with Crippen molar-refractivity contribution < 1.29 is 33.8 Å². The van der Waals surface area contributed by atoms with Gasteiger partial charge in [-0.2, -0.15) is 0 Å². The molecule has 2 aromatic rings. The minimum Gasteiger partial charge on any atom is -0.790 e. The average molecular weight is 384 g/mol. The molecule has 0 aromatic carbocycles. The molecular formula is C10H19N6O8P. The van der Waals surface area contributed by atoms with Gasteiger partial charge in [0.1, 0.15) is 18.3 Å². The maximum absolute atomic E-state index is 11.6. The van der Waals surface area contributed by atoms with Crippen molar-refractivity contribution in [2.45, 2.75) is 24.5 Å². The number of nitrogens with zero attached hydrogens (tertiary/aromatic N) is 3. The lowest BCUT2D eigenvalue weighted by Crippen LogP contribution is -2.34. The molecule has 11 N–H and O–H groups in total. The van der Waals surface area contributed by atoms with Crippen molar-refractivity contribution in [3.63, 3.8) is 0 Å². The zero-order chi connectivity index (χ0) is 16.8. The SMILES string of the molecule is O=c1[nH]cnc2c1n[14cH]n2[C@@H]1O[C@H](COP(=O)([O-])[O-])[C@@H](O)[C@H]1O.[NH4+].[NH4+]. The van der Waals surface area contributed by atoms with Crippen LogP contribution < -0.4 is 27.6 Å². The summed E-state index contributed by atoms with van der Waals surface area (Å²) in [5.74, 6) is 0. The molecule has 1 aliphatic heterocycles. The minimum absolute atomic E-state index is 0. The molecule has 0 aliphatic carbocycles. The van der Waals surface area contributed by atoms with Crippen molar-refractivity contribution in [1.82, 2.24) is 31.8 Å². The lowest BCUT2D eigenvalue weighted by Gasteiger charge is -2.30. The van der Waals surface area contributed by atoms with Crippen LogP contribution in [-0.4, -0.2) is 54.7 Å². The van der Waals surface area contributed by atoms with Crippen molar-refractivity contribution in [2.24, 2.45) is 0 Å². The Bertz CT molecular complexity index is 819. The minimum atomic E-state index is -5.24. The smallest absolute Gasteiger partial charge is 0.278 e. The quantitative estimate of drug-likeness (QED) is 0.341. The van der Waals surface area contributed by atoms with Crippen LogP contribution in [0.15, 0.2) is 17.4 Å². The normalized spacial score (nSPS) is 26.2. The summed E-state index contributed by atoms with van der Waals surface area (Å²) < 4.78 is 21.1. The van der Waals surface area contributed by atoms with E-state index in [1.54, 1.807) is 0 Å². The Morgan fingerprint density at radius 1 is 1.40 bits per heavy atom. The van der Waals surface area contributed by atoms with Gasteiger partial charge in [-0.3, -0.25) is 9.36 Å². The number of fused-ring (bicyclic) bond motifs is 1. The topological polar surface area (TPSA) is 259 Å². The summed E-state index contributed by atoms with van der Waals surface area (Å²) >= 11 is 0. The third-order valence-corrected chi connectivity index (χ3v) is 3.84. The highest BCUT2D eigenvalue weighted by Crippen LogP contribution is 2.33. The number of aromatic nitrogens is 4. The fourth-order valence-electron chi connectivity index (χ4n) is 2.31. The zero-order valence-electron chi connectivity index (χ0n) is 13.3. The van der Waals surface area contributed by atoms with Crippen molar-refractivity contribution >= 4 is 19.0 Å². The van der Waals surface area contributed by atoms with E-state index >= 15 is 0 Å². The van der Waals surface area contributed by atoms with Gasteiger partial charge in [0.25, 0.3) is 5.56 Å². The van der Waals surface area contributed by atoms with E-state index in [4.69, 9.17) is 4.74 Å². The molecule has 0 amide bonds. The summed E-state index contributed by atoms with van der Waals surface area (Å²) in [5.41, 5.74) is -0.397. The molecule has 25 heavy (non-hydrogen) atoms. The summed E-state index contributed by atoms with van der Waals surface area (Å²) in [5, 5.41) is 19.9. The van der Waals surface area contributed by atoms with Crippen molar-refractivity contribution in [2.75, 3.05) is 6.61 Å². The third-order valence-electron chi connectivity index (χ3n) is 3.37. The number of rotatable bonds is 4. The first kappa shape index (κ1) is 21.3. The van der Waals surface area contributed by atoms with E-state index in [1.165, 1.54) is 10.9 Å². The molecule has 14 nitrogen and oxygen atoms in total. The van der Waals surface area contributed by atoms with Gasteiger partial charge in [0, 0.05) is 0 Å². The molecular weight excluding hydrogens is 365 g/mol. The Labute approximate surface area is 139 Å². The van der Waals surface area contributed by atoms with Crippen LogP contribution in [-0.2, 0) is 13.8 Å². The molecule has 0 bridgehead atoms. The second-order valence-corrected chi connectivity index (χ2v) is 6.00. The standard InChI is InChI=1S/C10H13N4O8P.2H3N/c15-6-4(1-21-23(18,19)20)22-10(7(6)16)14-3-13-5-8(14)11-2-12-9(5)17;;/h2-4,6-7,10,15-16H,1H2,(H,11,12,17)(H2,18,19,20);2*1H3/t4-,6-,7-,10-;;/m1../s1/i3+2;;. The van der Waals surface area contributed by atoms with Gasteiger partial charge in [-0.1, -0.05) is 0 Å². The second-order valence-electron chi connectivity index (χ2n) is 4.84. The number of nitrogens with one attached hydrogen (secondary N) is 1. The highest BCUT2D eigenvalue weighted by molar-refractivity contribution is 7.43. The molecule has 0 spiro atoms. The van der Waals surface area contributed by atoms with Gasteiger partial charge >= 0.3 is 0 Å². The van der Waals surface area contributed by atoms with E-state index in [0.29, 0.717) is 0 Å². The average Bonchev–Trinajstić information content (AvgIpc) is 3.01. The molecule has 0 unspecified atom stereocenters. The number of imidazole rings is 1. The van der Waals surface area contributed by atoms with Gasteiger partial charge in [0.05, 0.1) is 27.1 Å². The molecule has 1 fully saturated rings. The number of phosphoric ester groups is 1. The first-order valence-electron chi connectivity index (χ1n) is 6.36. The van der Waals surface area contributed by atoms with Gasteiger partial charge in [0.15, 0.2) is 17.4 Å². The lowest BCUT2D eigenvalue weighted by atomic mass is 10.1. The van der Waals surface area contributed by atoms with E-state index in [0.717, 1.165) is 6.33 Å². The van der Waals surface area contributed by atoms with Gasteiger partial charge in [-0.15, -0.1) is 0 Å². The monoisotopic (exact) mass is 384 g/mol. The van der Waals surface area contributed by atoms with Gasteiger partial charge in [0.2, 0.25) is 0 Å². The summed E-state index contributed by atoms with van der Waals surface area (Å²) in [6.07, 6.45) is -3.11. The highest BCUT2D eigenvalue weighted by atomic mass is 31.2. The van der Waals surface area contributed by atoms with E-state index in [2.05, 4.69) is 19.5 Å². The van der Waals surface area contributed by atoms with Crippen molar-refractivity contribution in [1.29, 1.82) is 0 Å². The number of quaternary nitrogens is 2. The fourth-order valence-corrected chi connectivity index (χ4v) is 2.64. The number of aliphatic hydroxyl groups is 2. The molecule has 1 aliphatic rings. The van der Waals surface area contributed by atoms with Crippen LogP contribution >= 0.6 is 7.82 Å². The summed E-state index contributed by atoms with van der Waals surface area (Å²) in [4.78, 5) is 42.6. The van der Waals surface area contributed by atoms with E-state index in [1.807, 2.05) is 0 Å². The fraction of sp³-hybridized carbons (Fsp3) is 0.500. The number of ether oxygens (including phenoxy) is 1. The van der Waals surface area contributed by atoms with Crippen molar-refractivity contribution in [3.05, 3.63) is 23.0 Å². The molecule has 0 saturated carbocycles. The van der Waals surface area contributed by atoms with Crippen LogP contribution in [0.2, 0.25) is 0 Å². The molecule has 2 aromatic heterocycles.